The summed E-state index contributed by atoms with van der Waals surface area (Å²) in [7, 11) is -1.62. The summed E-state index contributed by atoms with van der Waals surface area (Å²) in [5.41, 5.74) is 0.596. The zero-order valence-corrected chi connectivity index (χ0v) is 36.7. The third-order valence-corrected chi connectivity index (χ3v) is 19.1. The van der Waals surface area contributed by atoms with Gasteiger partial charge in [0.15, 0.2) is 5.75 Å². The second-order valence-corrected chi connectivity index (χ2v) is 29.0. The van der Waals surface area contributed by atoms with Crippen LogP contribution in [0, 0.1) is 23.2 Å². The van der Waals surface area contributed by atoms with Gasteiger partial charge in [0.1, 0.15) is 45.7 Å². The van der Waals surface area contributed by atoms with Crippen LogP contribution in [0.2, 0.25) is 39.3 Å². The molecule has 13 heteroatoms. The van der Waals surface area contributed by atoms with Crippen molar-refractivity contribution in [3.63, 3.8) is 0 Å². The van der Waals surface area contributed by atoms with Crippen LogP contribution < -0.4 is 14.2 Å². The molecule has 4 fully saturated rings. The van der Waals surface area contributed by atoms with E-state index in [0.717, 1.165) is 23.3 Å². The largest absolute Gasteiger partial charge is 0.514 e. The Morgan fingerprint density at radius 3 is 2.13 bits per heavy atom. The van der Waals surface area contributed by atoms with Gasteiger partial charge in [0.05, 0.1) is 25.9 Å². The molecule has 53 heavy (non-hydrogen) atoms. The fraction of sp³-hybridized carbons (Fsp3) is 0.650. The van der Waals surface area contributed by atoms with E-state index in [-0.39, 0.29) is 41.1 Å². The van der Waals surface area contributed by atoms with Gasteiger partial charge in [0, 0.05) is 5.94 Å². The molecule has 1 heterocycles. The van der Waals surface area contributed by atoms with Gasteiger partial charge < -0.3 is 37.2 Å². The number of nitrogens with zero attached hydrogens (tertiary/aromatic N) is 1. The van der Waals surface area contributed by atoms with E-state index in [4.69, 9.17) is 33.0 Å². The number of carbonyl (C=O) groups excluding carboxylic acids is 2. The molecule has 292 valence electrons. The highest BCUT2D eigenvalue weighted by molar-refractivity contribution is 6.90. The molecule has 0 N–H and O–H groups in total. The van der Waals surface area contributed by atoms with Gasteiger partial charge in [-0.3, -0.25) is 0 Å². The highest BCUT2D eigenvalue weighted by Gasteiger charge is 2.72. The van der Waals surface area contributed by atoms with Crippen molar-refractivity contribution in [2.24, 2.45) is 23.2 Å². The lowest BCUT2D eigenvalue weighted by Gasteiger charge is -2.68. The normalized spacial score (nSPS) is 25.6. The summed E-state index contributed by atoms with van der Waals surface area (Å²) in [5.74, 6) is 1.66. The molecule has 0 spiro atoms. The fourth-order valence-corrected chi connectivity index (χ4v) is 20.6. The zero-order valence-electron chi connectivity index (χ0n) is 34.7. The monoisotopic (exact) mass is 767 g/mol. The van der Waals surface area contributed by atoms with Crippen LogP contribution in [-0.4, -0.2) is 77.4 Å². The molecule has 0 radical (unpaired) electrons. The maximum Gasteiger partial charge on any atom is 0.514 e. The highest BCUT2D eigenvalue weighted by Crippen LogP contribution is 2.68. The lowest BCUT2D eigenvalue weighted by Crippen LogP contribution is -2.70. The molecule has 3 saturated carbocycles. The summed E-state index contributed by atoms with van der Waals surface area (Å²) < 4.78 is 45.5. The van der Waals surface area contributed by atoms with Crippen molar-refractivity contribution >= 4 is 35.7 Å². The molecular formula is C40H62BNO9Si2. The van der Waals surface area contributed by atoms with Crippen molar-refractivity contribution in [2.75, 3.05) is 14.2 Å². The first-order valence-electron chi connectivity index (χ1n) is 19.0. The predicted octanol–water partition coefficient (Wildman–Crippen LogP) is 8.77. The minimum absolute atomic E-state index is 0.000345. The Balaban J connectivity index is 1.62. The number of carbonyl (C=O) groups is 2. The maximum atomic E-state index is 13.7. The Morgan fingerprint density at radius 1 is 0.981 bits per heavy atom. The molecule has 0 amide bonds. The third-order valence-electron chi connectivity index (χ3n) is 11.5. The lowest BCUT2D eigenvalue weighted by atomic mass is 9.39. The Kier molecular flexibility index (Phi) is 11.4. The van der Waals surface area contributed by atoms with Crippen molar-refractivity contribution in [1.82, 2.24) is 4.23 Å². The average Bonchev–Trinajstić information content (AvgIpc) is 3.38. The first-order chi connectivity index (χ1) is 24.4. The third kappa shape index (κ3) is 8.24. The number of rotatable bonds is 12. The van der Waals surface area contributed by atoms with E-state index in [1.54, 1.807) is 33.9 Å². The van der Waals surface area contributed by atoms with Crippen LogP contribution in [-0.2, 0) is 31.8 Å². The van der Waals surface area contributed by atoms with Gasteiger partial charge in [0.2, 0.25) is 0 Å². The number of esters is 1. The van der Waals surface area contributed by atoms with E-state index in [0.29, 0.717) is 24.2 Å². The Hall–Kier alpha value is -2.84. The highest BCUT2D eigenvalue weighted by atomic mass is 28.4. The average molecular weight is 768 g/mol. The van der Waals surface area contributed by atoms with Crippen molar-refractivity contribution in [2.45, 2.75) is 130 Å². The second kappa shape index (κ2) is 14.7. The van der Waals surface area contributed by atoms with Gasteiger partial charge in [-0.05, 0) is 93.0 Å². The molecule has 4 aliphatic rings. The molecule has 2 bridgehead atoms. The molecule has 3 aliphatic carbocycles. The molecule has 2 aromatic carbocycles. The standard InChI is InChI=1S/C40H62BNO9Si2/c1-25-29-23-31-40(7,35(25)39(29,5)6)51-41(50-31)32(42(52(10,11)12)53(13,14)15)22-27-18-21-30(48-37(44)49-38(2,3)4)33(36(43)46-9)34(27)47-24-26-16-19-28(45-8)20-17-26/h16-21,25,29,31-32,35H,22-24H2,1-15H3/t25?,29-,31?,32+,35+,40-/m1/s1. The van der Waals surface area contributed by atoms with Gasteiger partial charge in [-0.25, -0.2) is 9.59 Å². The van der Waals surface area contributed by atoms with Crippen molar-refractivity contribution in [3.05, 3.63) is 53.1 Å². The van der Waals surface area contributed by atoms with Gasteiger partial charge in [0.25, 0.3) is 0 Å². The van der Waals surface area contributed by atoms with Gasteiger partial charge >= 0.3 is 19.2 Å². The van der Waals surface area contributed by atoms with Crippen LogP contribution >= 0.6 is 0 Å². The van der Waals surface area contributed by atoms with Crippen LogP contribution in [0.3, 0.4) is 0 Å². The minimum atomic E-state index is -2.02. The van der Waals surface area contributed by atoms with E-state index in [2.05, 4.69) is 71.2 Å². The molecule has 6 rings (SSSR count). The number of methoxy groups -OCH3 is 2. The van der Waals surface area contributed by atoms with E-state index in [1.807, 2.05) is 30.3 Å². The first kappa shape index (κ1) is 41.3. The Bertz CT molecular complexity index is 1650. The Labute approximate surface area is 319 Å². The summed E-state index contributed by atoms with van der Waals surface area (Å²) >= 11 is 0. The minimum Gasteiger partial charge on any atom is -0.497 e. The number of hydrogen-bond donors (Lipinski definition) is 0. The number of hydrogen-bond acceptors (Lipinski definition) is 10. The Morgan fingerprint density at radius 2 is 1.60 bits per heavy atom. The molecule has 1 saturated heterocycles. The smallest absolute Gasteiger partial charge is 0.497 e. The van der Waals surface area contributed by atoms with E-state index in [1.165, 1.54) is 7.11 Å². The number of benzene rings is 2. The van der Waals surface area contributed by atoms with Crippen LogP contribution in [0.4, 0.5) is 4.79 Å². The quantitative estimate of drug-likeness (QED) is 0.118. The topological polar surface area (TPSA) is 102 Å². The maximum absolute atomic E-state index is 13.7. The van der Waals surface area contributed by atoms with Crippen molar-refractivity contribution in [3.8, 4) is 17.2 Å². The summed E-state index contributed by atoms with van der Waals surface area (Å²) in [6.07, 6.45) is 0.505. The lowest BCUT2D eigenvalue weighted by molar-refractivity contribution is -0.239. The van der Waals surface area contributed by atoms with Crippen LogP contribution in [0.5, 0.6) is 17.2 Å². The van der Waals surface area contributed by atoms with Crippen LogP contribution in [0.15, 0.2) is 36.4 Å². The second-order valence-electron chi connectivity index (χ2n) is 18.9. The van der Waals surface area contributed by atoms with Crippen molar-refractivity contribution < 1.29 is 42.6 Å². The molecule has 1 aliphatic heterocycles. The summed E-state index contributed by atoms with van der Waals surface area (Å²) in [6, 6.07) is 11.1. The molecule has 2 aromatic rings. The fourth-order valence-electron chi connectivity index (χ4n) is 10.2. The van der Waals surface area contributed by atoms with Crippen LogP contribution in [0.1, 0.15) is 76.4 Å². The molecule has 10 nitrogen and oxygen atoms in total. The molecule has 0 aromatic heterocycles. The zero-order chi connectivity index (χ0) is 39.5. The summed E-state index contributed by atoms with van der Waals surface area (Å²) in [5, 5.41) is 0. The summed E-state index contributed by atoms with van der Waals surface area (Å²) in [6.45, 7) is 29.1. The van der Waals surface area contributed by atoms with Crippen LogP contribution in [0.25, 0.3) is 0 Å². The molecule has 2 unspecified atom stereocenters. The van der Waals surface area contributed by atoms with Gasteiger partial charge in [-0.2, -0.15) is 0 Å². The summed E-state index contributed by atoms with van der Waals surface area (Å²) in [4.78, 5) is 26.7. The predicted molar refractivity (Wildman–Crippen MR) is 213 cm³/mol. The first-order valence-corrected chi connectivity index (χ1v) is 25.8. The van der Waals surface area contributed by atoms with E-state index >= 15 is 0 Å². The molecule has 6 atom stereocenters. The van der Waals surface area contributed by atoms with E-state index < -0.39 is 46.9 Å². The van der Waals surface area contributed by atoms with Gasteiger partial charge in [-0.1, -0.05) is 78.3 Å². The SMILES string of the molecule is COC(=O)c1c(OC(=O)OC(C)(C)C)ccc(C[C@@H](B2OC3C[C@@H]4C(C)[C@@H](C4(C)C)[C@]3(C)O2)N([Si](C)(C)C)[Si](C)(C)C)c1OCc1ccc(OC)cc1. The molecular weight excluding hydrogens is 705 g/mol. The number of ether oxygens (including phenoxy) is 5. The van der Waals surface area contributed by atoms with E-state index in [9.17, 15) is 9.59 Å². The van der Waals surface area contributed by atoms with Crippen molar-refractivity contribution in [1.29, 1.82) is 0 Å². The van der Waals surface area contributed by atoms with Gasteiger partial charge in [-0.15, -0.1) is 0 Å².